The number of pyridine rings is 1. The molecule has 0 saturated heterocycles. The van der Waals surface area contributed by atoms with Crippen molar-refractivity contribution < 1.29 is 4.79 Å². The standard InChI is InChI=1S/C20H16N4O2/c1-13-5-2-6-15-19(13)22-12-24(20(15)26)11-18(25)23-17-9-3-8-16-14(17)7-4-10-21-16/h2-10,12H,11H2,1H3,(H,23,25). The van der Waals surface area contributed by atoms with E-state index < -0.39 is 0 Å². The summed E-state index contributed by atoms with van der Waals surface area (Å²) < 4.78 is 1.32. The lowest BCUT2D eigenvalue weighted by Crippen LogP contribution is -2.28. The number of amides is 1. The van der Waals surface area contributed by atoms with Gasteiger partial charge in [0.1, 0.15) is 6.54 Å². The summed E-state index contributed by atoms with van der Waals surface area (Å²) in [5, 5.41) is 4.21. The van der Waals surface area contributed by atoms with Gasteiger partial charge in [-0.1, -0.05) is 18.2 Å². The highest BCUT2D eigenvalue weighted by atomic mass is 16.2. The Balaban J connectivity index is 1.63. The molecule has 4 rings (SSSR count). The number of carbonyl (C=O) groups is 1. The third-order valence-corrected chi connectivity index (χ3v) is 4.29. The molecule has 0 fully saturated rings. The molecule has 0 radical (unpaired) electrons. The Bertz CT molecular complexity index is 1190. The number of benzene rings is 2. The van der Waals surface area contributed by atoms with Gasteiger partial charge < -0.3 is 5.32 Å². The van der Waals surface area contributed by atoms with Gasteiger partial charge in [-0.3, -0.25) is 19.1 Å². The molecule has 0 aliphatic rings. The van der Waals surface area contributed by atoms with Crippen LogP contribution in [0.1, 0.15) is 5.56 Å². The van der Waals surface area contributed by atoms with Crippen LogP contribution in [0.4, 0.5) is 5.69 Å². The Morgan fingerprint density at radius 3 is 2.73 bits per heavy atom. The molecule has 2 aromatic carbocycles. The van der Waals surface area contributed by atoms with Crippen molar-refractivity contribution in [3.63, 3.8) is 0 Å². The molecule has 0 aliphatic heterocycles. The van der Waals surface area contributed by atoms with Gasteiger partial charge in [-0.15, -0.1) is 0 Å². The van der Waals surface area contributed by atoms with Gasteiger partial charge in [-0.25, -0.2) is 4.98 Å². The fourth-order valence-corrected chi connectivity index (χ4v) is 3.01. The van der Waals surface area contributed by atoms with Gasteiger partial charge in [0.15, 0.2) is 0 Å². The molecule has 128 valence electrons. The predicted molar refractivity (Wildman–Crippen MR) is 101 cm³/mol. The number of para-hydroxylation sites is 1. The minimum absolute atomic E-state index is 0.105. The zero-order valence-electron chi connectivity index (χ0n) is 14.1. The zero-order chi connectivity index (χ0) is 18.1. The van der Waals surface area contributed by atoms with E-state index in [0.717, 1.165) is 16.5 Å². The van der Waals surface area contributed by atoms with E-state index in [0.29, 0.717) is 16.6 Å². The van der Waals surface area contributed by atoms with Crippen molar-refractivity contribution in [1.82, 2.24) is 14.5 Å². The van der Waals surface area contributed by atoms with Gasteiger partial charge >= 0.3 is 0 Å². The number of aromatic nitrogens is 3. The fraction of sp³-hybridized carbons (Fsp3) is 0.100. The first kappa shape index (κ1) is 16.0. The molecule has 2 aromatic heterocycles. The number of rotatable bonds is 3. The second kappa shape index (κ2) is 6.40. The zero-order valence-corrected chi connectivity index (χ0v) is 14.1. The van der Waals surface area contributed by atoms with Crippen LogP contribution in [0.3, 0.4) is 0 Å². The number of anilines is 1. The summed E-state index contributed by atoms with van der Waals surface area (Å²) in [6, 6.07) is 14.7. The average Bonchev–Trinajstić information content (AvgIpc) is 2.65. The van der Waals surface area contributed by atoms with Crippen molar-refractivity contribution in [3.8, 4) is 0 Å². The summed E-state index contributed by atoms with van der Waals surface area (Å²) in [4.78, 5) is 33.7. The van der Waals surface area contributed by atoms with E-state index in [1.807, 2.05) is 49.4 Å². The number of carbonyl (C=O) groups excluding carboxylic acids is 1. The van der Waals surface area contributed by atoms with Crippen molar-refractivity contribution in [2.24, 2.45) is 0 Å². The smallest absolute Gasteiger partial charge is 0.261 e. The molecular formula is C20H16N4O2. The highest BCUT2D eigenvalue weighted by Gasteiger charge is 2.10. The van der Waals surface area contributed by atoms with E-state index in [9.17, 15) is 9.59 Å². The van der Waals surface area contributed by atoms with Crippen molar-refractivity contribution in [1.29, 1.82) is 0 Å². The van der Waals surface area contributed by atoms with Gasteiger partial charge in [0.2, 0.25) is 5.91 Å². The van der Waals surface area contributed by atoms with Gasteiger partial charge in [0.25, 0.3) is 5.56 Å². The van der Waals surface area contributed by atoms with Crippen LogP contribution in [-0.4, -0.2) is 20.4 Å². The van der Waals surface area contributed by atoms with Crippen LogP contribution in [0.25, 0.3) is 21.8 Å². The Morgan fingerprint density at radius 1 is 1.04 bits per heavy atom. The third kappa shape index (κ3) is 2.82. The molecule has 6 heteroatoms. The molecule has 4 aromatic rings. The lowest BCUT2D eigenvalue weighted by Gasteiger charge is -2.10. The highest BCUT2D eigenvalue weighted by Crippen LogP contribution is 2.21. The molecule has 1 N–H and O–H groups in total. The van der Waals surface area contributed by atoms with Gasteiger partial charge in [0, 0.05) is 11.6 Å². The molecule has 0 atom stereocenters. The SMILES string of the molecule is Cc1cccc2c(=O)n(CC(=O)Nc3cccc4ncccc34)cnc12. The second-order valence-electron chi connectivity index (χ2n) is 6.07. The van der Waals surface area contributed by atoms with Gasteiger partial charge in [-0.05, 0) is 42.8 Å². The van der Waals surface area contributed by atoms with Crippen LogP contribution >= 0.6 is 0 Å². The van der Waals surface area contributed by atoms with Crippen molar-refractivity contribution >= 4 is 33.4 Å². The largest absolute Gasteiger partial charge is 0.324 e. The normalized spacial score (nSPS) is 11.0. The molecule has 6 nitrogen and oxygen atoms in total. The monoisotopic (exact) mass is 344 g/mol. The molecule has 0 bridgehead atoms. The first-order valence-electron chi connectivity index (χ1n) is 8.22. The molecule has 2 heterocycles. The maximum Gasteiger partial charge on any atom is 0.261 e. The van der Waals surface area contributed by atoms with E-state index in [4.69, 9.17) is 0 Å². The quantitative estimate of drug-likeness (QED) is 0.620. The summed E-state index contributed by atoms with van der Waals surface area (Å²) in [5.74, 6) is -0.294. The van der Waals surface area contributed by atoms with E-state index in [-0.39, 0.29) is 18.0 Å². The Hall–Kier alpha value is -3.54. The lowest BCUT2D eigenvalue weighted by atomic mass is 10.1. The second-order valence-corrected chi connectivity index (χ2v) is 6.07. The summed E-state index contributed by atoms with van der Waals surface area (Å²) in [5.41, 5.74) is 2.82. The number of hydrogen-bond donors (Lipinski definition) is 1. The summed E-state index contributed by atoms with van der Waals surface area (Å²) in [6.07, 6.45) is 3.12. The van der Waals surface area contributed by atoms with Crippen LogP contribution in [0.2, 0.25) is 0 Å². The van der Waals surface area contributed by atoms with Gasteiger partial charge in [-0.2, -0.15) is 0 Å². The molecule has 0 unspecified atom stereocenters. The lowest BCUT2D eigenvalue weighted by molar-refractivity contribution is -0.116. The first-order chi connectivity index (χ1) is 12.6. The molecule has 0 aliphatic carbocycles. The number of nitrogens with zero attached hydrogens (tertiary/aromatic N) is 3. The number of aryl methyl sites for hydroxylation is 1. The molecule has 1 amide bonds. The van der Waals surface area contributed by atoms with Crippen molar-refractivity contribution in [3.05, 3.63) is 77.0 Å². The number of fused-ring (bicyclic) bond motifs is 2. The van der Waals surface area contributed by atoms with E-state index in [1.165, 1.54) is 10.9 Å². The van der Waals surface area contributed by atoms with E-state index in [1.54, 1.807) is 12.3 Å². The molecule has 26 heavy (non-hydrogen) atoms. The minimum atomic E-state index is -0.294. The van der Waals surface area contributed by atoms with Gasteiger partial charge in [0.05, 0.1) is 28.4 Å². The number of nitrogens with one attached hydrogen (secondary N) is 1. The fourth-order valence-electron chi connectivity index (χ4n) is 3.01. The third-order valence-electron chi connectivity index (χ3n) is 4.29. The topological polar surface area (TPSA) is 76.9 Å². The van der Waals surface area contributed by atoms with Crippen LogP contribution < -0.4 is 10.9 Å². The maximum absolute atomic E-state index is 12.6. The van der Waals surface area contributed by atoms with Crippen molar-refractivity contribution in [2.45, 2.75) is 13.5 Å². The molecular weight excluding hydrogens is 328 g/mol. The Kier molecular flexibility index (Phi) is 3.93. The van der Waals surface area contributed by atoms with E-state index >= 15 is 0 Å². The summed E-state index contributed by atoms with van der Waals surface area (Å²) in [7, 11) is 0. The van der Waals surface area contributed by atoms with Crippen molar-refractivity contribution in [2.75, 3.05) is 5.32 Å². The Morgan fingerprint density at radius 2 is 1.85 bits per heavy atom. The van der Waals surface area contributed by atoms with Crippen LogP contribution in [0, 0.1) is 6.92 Å². The highest BCUT2D eigenvalue weighted by molar-refractivity contribution is 6.00. The summed E-state index contributed by atoms with van der Waals surface area (Å²) >= 11 is 0. The number of hydrogen-bond acceptors (Lipinski definition) is 4. The predicted octanol–water partition coefficient (Wildman–Crippen LogP) is 2.89. The minimum Gasteiger partial charge on any atom is -0.324 e. The average molecular weight is 344 g/mol. The summed E-state index contributed by atoms with van der Waals surface area (Å²) in [6.45, 7) is 1.80. The molecule has 0 spiro atoms. The van der Waals surface area contributed by atoms with Crippen LogP contribution in [-0.2, 0) is 11.3 Å². The maximum atomic E-state index is 12.6. The molecule has 0 saturated carbocycles. The van der Waals surface area contributed by atoms with E-state index in [2.05, 4.69) is 15.3 Å². The van der Waals surface area contributed by atoms with Crippen LogP contribution in [0.15, 0.2) is 65.8 Å². The first-order valence-corrected chi connectivity index (χ1v) is 8.22. The Labute approximate surface area is 149 Å². The van der Waals surface area contributed by atoms with Crippen LogP contribution in [0.5, 0.6) is 0 Å².